The van der Waals surface area contributed by atoms with Gasteiger partial charge in [-0.2, -0.15) is 0 Å². The van der Waals surface area contributed by atoms with Gasteiger partial charge < -0.3 is 19.1 Å². The van der Waals surface area contributed by atoms with Crippen LogP contribution in [-0.4, -0.2) is 42.1 Å². The van der Waals surface area contributed by atoms with Crippen LogP contribution < -0.4 is 9.64 Å². The predicted molar refractivity (Wildman–Crippen MR) is 116 cm³/mol. The maximum absolute atomic E-state index is 12.7. The normalized spacial score (nSPS) is 14.1. The van der Waals surface area contributed by atoms with Crippen molar-refractivity contribution in [3.05, 3.63) is 77.2 Å². The van der Waals surface area contributed by atoms with Crippen LogP contribution in [0.4, 0.5) is 5.69 Å². The van der Waals surface area contributed by atoms with Crippen molar-refractivity contribution in [1.82, 2.24) is 10.1 Å². The van der Waals surface area contributed by atoms with Gasteiger partial charge in [0.25, 0.3) is 0 Å². The summed E-state index contributed by atoms with van der Waals surface area (Å²) in [5.41, 5.74) is 4.04. The van der Waals surface area contributed by atoms with E-state index in [1.807, 2.05) is 49.1 Å². The Labute approximate surface area is 177 Å². The summed E-state index contributed by atoms with van der Waals surface area (Å²) in [5.74, 6) is 1.72. The molecule has 0 aliphatic carbocycles. The lowest BCUT2D eigenvalue weighted by atomic mass is 10.1. The highest BCUT2D eigenvalue weighted by atomic mass is 16.5. The molecule has 0 unspecified atom stereocenters. The standard InChI is InChI=1S/C24H27N3O3/c1-18-23(19(2)30-25-18)17-29-22-10-8-20(9-11-22)16-24(28)27-14-12-26(13-15-27)21-6-4-3-5-7-21/h3-11H,12-17H2,1-2H3. The first-order valence-electron chi connectivity index (χ1n) is 10.3. The number of hydrogen-bond acceptors (Lipinski definition) is 5. The van der Waals surface area contributed by atoms with Crippen molar-refractivity contribution in [3.8, 4) is 5.75 Å². The van der Waals surface area contributed by atoms with Crippen LogP contribution in [0.3, 0.4) is 0 Å². The molecule has 30 heavy (non-hydrogen) atoms. The SMILES string of the molecule is Cc1noc(C)c1COc1ccc(CC(=O)N2CCN(c3ccccc3)CC2)cc1. The zero-order valence-electron chi connectivity index (χ0n) is 17.5. The van der Waals surface area contributed by atoms with E-state index in [0.717, 1.165) is 54.5 Å². The molecule has 6 heteroatoms. The first-order chi connectivity index (χ1) is 14.6. The number of carbonyl (C=O) groups excluding carboxylic acids is 1. The van der Waals surface area contributed by atoms with Crippen molar-refractivity contribution in [3.63, 3.8) is 0 Å². The summed E-state index contributed by atoms with van der Waals surface area (Å²) >= 11 is 0. The third-order valence-electron chi connectivity index (χ3n) is 5.60. The molecule has 156 valence electrons. The van der Waals surface area contributed by atoms with Crippen LogP contribution in [0.1, 0.15) is 22.6 Å². The Bertz CT molecular complexity index is 955. The van der Waals surface area contributed by atoms with Crippen molar-refractivity contribution >= 4 is 11.6 Å². The van der Waals surface area contributed by atoms with Crippen LogP contribution in [-0.2, 0) is 17.8 Å². The molecule has 1 aliphatic rings. The first-order valence-corrected chi connectivity index (χ1v) is 10.3. The molecule has 0 radical (unpaired) electrons. The molecule has 3 aromatic rings. The second-order valence-corrected chi connectivity index (χ2v) is 7.62. The van der Waals surface area contributed by atoms with E-state index < -0.39 is 0 Å². The first kappa shape index (κ1) is 20.0. The van der Waals surface area contributed by atoms with Gasteiger partial charge in [-0.3, -0.25) is 4.79 Å². The third-order valence-corrected chi connectivity index (χ3v) is 5.60. The van der Waals surface area contributed by atoms with Crippen LogP contribution in [0, 0.1) is 13.8 Å². The predicted octanol–water partition coefficient (Wildman–Crippen LogP) is 3.76. The molecule has 1 amide bonds. The highest BCUT2D eigenvalue weighted by Crippen LogP contribution is 2.19. The topological polar surface area (TPSA) is 58.8 Å². The molecule has 6 nitrogen and oxygen atoms in total. The molecule has 1 saturated heterocycles. The third kappa shape index (κ3) is 4.64. The average Bonchev–Trinajstić information content (AvgIpc) is 3.11. The monoisotopic (exact) mass is 405 g/mol. The van der Waals surface area contributed by atoms with Gasteiger partial charge in [0, 0.05) is 31.9 Å². The fourth-order valence-corrected chi connectivity index (χ4v) is 3.71. The maximum Gasteiger partial charge on any atom is 0.227 e. The van der Waals surface area contributed by atoms with Crippen LogP contribution in [0.25, 0.3) is 0 Å². The van der Waals surface area contributed by atoms with Crippen molar-refractivity contribution in [2.75, 3.05) is 31.1 Å². The van der Waals surface area contributed by atoms with Gasteiger partial charge in [0.1, 0.15) is 18.1 Å². The van der Waals surface area contributed by atoms with Gasteiger partial charge >= 0.3 is 0 Å². The van der Waals surface area contributed by atoms with E-state index in [0.29, 0.717) is 13.0 Å². The van der Waals surface area contributed by atoms with Crippen molar-refractivity contribution < 1.29 is 14.1 Å². The van der Waals surface area contributed by atoms with Crippen LogP contribution in [0.5, 0.6) is 5.75 Å². The molecule has 2 aromatic carbocycles. The minimum Gasteiger partial charge on any atom is -0.489 e. The fourth-order valence-electron chi connectivity index (χ4n) is 3.71. The Morgan fingerprint density at radius 2 is 1.70 bits per heavy atom. The zero-order valence-corrected chi connectivity index (χ0v) is 17.5. The summed E-state index contributed by atoms with van der Waals surface area (Å²) in [6.45, 7) is 7.45. The lowest BCUT2D eigenvalue weighted by Crippen LogP contribution is -2.49. The summed E-state index contributed by atoms with van der Waals surface area (Å²) in [6.07, 6.45) is 0.412. The number of aromatic nitrogens is 1. The molecular formula is C24H27N3O3. The molecule has 0 saturated carbocycles. The quantitative estimate of drug-likeness (QED) is 0.625. The van der Waals surface area contributed by atoms with E-state index in [4.69, 9.17) is 9.26 Å². The molecule has 4 rings (SSSR count). The van der Waals surface area contributed by atoms with Gasteiger partial charge in [-0.15, -0.1) is 0 Å². The number of benzene rings is 2. The van der Waals surface area contributed by atoms with Crippen LogP contribution in [0.15, 0.2) is 59.1 Å². The van der Waals surface area contributed by atoms with E-state index in [1.165, 1.54) is 5.69 Å². The highest BCUT2D eigenvalue weighted by Gasteiger charge is 2.21. The lowest BCUT2D eigenvalue weighted by Gasteiger charge is -2.36. The number of ether oxygens (including phenoxy) is 1. The molecule has 0 atom stereocenters. The smallest absolute Gasteiger partial charge is 0.227 e. The molecule has 1 aromatic heterocycles. The summed E-state index contributed by atoms with van der Waals surface area (Å²) in [7, 11) is 0. The van der Waals surface area contributed by atoms with Crippen LogP contribution >= 0.6 is 0 Å². The largest absolute Gasteiger partial charge is 0.489 e. The number of carbonyl (C=O) groups is 1. The number of para-hydroxylation sites is 1. The molecule has 0 N–H and O–H groups in total. The van der Waals surface area contributed by atoms with Gasteiger partial charge in [-0.05, 0) is 43.7 Å². The fraction of sp³-hybridized carbons (Fsp3) is 0.333. The summed E-state index contributed by atoms with van der Waals surface area (Å²) in [4.78, 5) is 17.0. The van der Waals surface area contributed by atoms with Crippen molar-refractivity contribution in [2.24, 2.45) is 0 Å². The lowest BCUT2D eigenvalue weighted by molar-refractivity contribution is -0.130. The van der Waals surface area contributed by atoms with E-state index in [-0.39, 0.29) is 5.91 Å². The van der Waals surface area contributed by atoms with Crippen LogP contribution in [0.2, 0.25) is 0 Å². The molecule has 2 heterocycles. The Hall–Kier alpha value is -3.28. The van der Waals surface area contributed by atoms with Crippen molar-refractivity contribution in [2.45, 2.75) is 26.9 Å². The van der Waals surface area contributed by atoms with E-state index in [9.17, 15) is 4.79 Å². The highest BCUT2D eigenvalue weighted by molar-refractivity contribution is 5.79. The summed E-state index contributed by atoms with van der Waals surface area (Å²) in [5, 5.41) is 3.94. The second-order valence-electron chi connectivity index (χ2n) is 7.62. The molecular weight excluding hydrogens is 378 g/mol. The number of nitrogens with zero attached hydrogens (tertiary/aromatic N) is 3. The molecule has 1 aliphatic heterocycles. The summed E-state index contributed by atoms with van der Waals surface area (Å²) < 4.78 is 11.0. The molecule has 0 bridgehead atoms. The summed E-state index contributed by atoms with van der Waals surface area (Å²) in [6, 6.07) is 18.1. The van der Waals surface area contributed by atoms with E-state index in [1.54, 1.807) is 0 Å². The number of amides is 1. The van der Waals surface area contributed by atoms with Crippen molar-refractivity contribution in [1.29, 1.82) is 0 Å². The Balaban J connectivity index is 1.27. The number of rotatable bonds is 6. The number of anilines is 1. The molecule has 1 fully saturated rings. The average molecular weight is 405 g/mol. The minimum atomic E-state index is 0.173. The molecule has 0 spiro atoms. The number of hydrogen-bond donors (Lipinski definition) is 0. The zero-order chi connectivity index (χ0) is 20.9. The van der Waals surface area contributed by atoms with Gasteiger partial charge in [0.15, 0.2) is 0 Å². The Morgan fingerprint density at radius 3 is 2.33 bits per heavy atom. The van der Waals surface area contributed by atoms with Gasteiger partial charge in [-0.1, -0.05) is 35.5 Å². The Kier molecular flexibility index (Phi) is 6.02. The van der Waals surface area contributed by atoms with E-state index in [2.05, 4.69) is 34.3 Å². The minimum absolute atomic E-state index is 0.173. The number of piperazine rings is 1. The number of aryl methyl sites for hydroxylation is 2. The van der Waals surface area contributed by atoms with E-state index >= 15 is 0 Å². The maximum atomic E-state index is 12.7. The Morgan fingerprint density at radius 1 is 1.00 bits per heavy atom. The second kappa shape index (κ2) is 9.03. The van der Waals surface area contributed by atoms with Gasteiger partial charge in [0.2, 0.25) is 5.91 Å². The van der Waals surface area contributed by atoms with Gasteiger partial charge in [-0.25, -0.2) is 0 Å². The van der Waals surface area contributed by atoms with Gasteiger partial charge in [0.05, 0.1) is 17.7 Å².